The predicted octanol–water partition coefficient (Wildman–Crippen LogP) is 3.70. The summed E-state index contributed by atoms with van der Waals surface area (Å²) < 4.78 is 13.7. The van der Waals surface area contributed by atoms with E-state index < -0.39 is 12.6 Å². The van der Waals surface area contributed by atoms with E-state index in [0.29, 0.717) is 32.1 Å². The number of fused-ring (bicyclic) bond motifs is 3. The van der Waals surface area contributed by atoms with E-state index >= 15 is 0 Å². The average Bonchev–Trinajstić information content (AvgIpc) is 3.21. The van der Waals surface area contributed by atoms with Gasteiger partial charge in [0.25, 0.3) is 5.56 Å². The van der Waals surface area contributed by atoms with Crippen molar-refractivity contribution in [3.05, 3.63) is 60.3 Å². The monoisotopic (exact) mass is 502 g/mol. The Morgan fingerprint density at radius 3 is 2.77 bits per heavy atom. The van der Waals surface area contributed by atoms with Gasteiger partial charge in [0.15, 0.2) is 23.1 Å². The van der Waals surface area contributed by atoms with Crippen LogP contribution in [0.1, 0.15) is 23.6 Å². The van der Waals surface area contributed by atoms with Crippen molar-refractivity contribution in [3.8, 4) is 11.5 Å². The molecule has 0 radical (unpaired) electrons. The van der Waals surface area contributed by atoms with Gasteiger partial charge in [-0.3, -0.25) is 4.79 Å². The number of aliphatic carboxylic acids is 1. The number of benzene rings is 2. The Balaban J connectivity index is 1.84. The normalized spacial score (nSPS) is 12.1. The Morgan fingerprint density at radius 1 is 1.29 bits per heavy atom. The second kappa shape index (κ2) is 8.32. The summed E-state index contributed by atoms with van der Waals surface area (Å²) in [5.74, 6) is -0.378. The Kier molecular flexibility index (Phi) is 5.72. The predicted molar refractivity (Wildman–Crippen MR) is 124 cm³/mol. The maximum atomic E-state index is 13.1. The molecule has 160 valence electrons. The largest absolute Gasteiger partial charge is 0.490 e. The summed E-state index contributed by atoms with van der Waals surface area (Å²) in [6.07, 6.45) is 1.77. The SMILES string of the molecule is CCOc1cc(/C=c2\sc3nc4c(C)c(C)ccc4n3c2=O)cc(Br)c1OCC(=O)O. The van der Waals surface area contributed by atoms with Gasteiger partial charge >= 0.3 is 5.97 Å². The Hall–Kier alpha value is -2.91. The number of hydrogen-bond donors (Lipinski definition) is 1. The maximum absolute atomic E-state index is 13.1. The standard InChI is InChI=1S/C22H19BrN2O5S/c1-4-29-16-8-13(7-14(23)20(16)30-10-18(26)27)9-17-21(28)25-15-6-5-11(2)12(3)19(15)24-22(25)31-17/h5-9H,4,10H2,1-3H3,(H,26,27)/b17-9-. The topological polar surface area (TPSA) is 90.1 Å². The first-order chi connectivity index (χ1) is 14.8. The number of ether oxygens (including phenoxy) is 2. The number of rotatable bonds is 6. The van der Waals surface area contributed by atoms with Crippen LogP contribution in [0, 0.1) is 13.8 Å². The number of carbonyl (C=O) groups is 1. The number of thiazole rings is 1. The quantitative estimate of drug-likeness (QED) is 0.432. The number of carboxylic acids is 1. The lowest BCUT2D eigenvalue weighted by molar-refractivity contribution is -0.139. The molecule has 2 aromatic carbocycles. The zero-order valence-corrected chi connectivity index (χ0v) is 19.5. The number of imidazole rings is 1. The van der Waals surface area contributed by atoms with Crippen LogP contribution in [0.15, 0.2) is 33.5 Å². The molecule has 0 saturated carbocycles. The van der Waals surface area contributed by atoms with E-state index in [9.17, 15) is 9.59 Å². The van der Waals surface area contributed by atoms with Gasteiger partial charge in [-0.1, -0.05) is 17.4 Å². The Bertz CT molecular complexity index is 1440. The lowest BCUT2D eigenvalue weighted by Crippen LogP contribution is -2.22. The van der Waals surface area contributed by atoms with Gasteiger partial charge in [0, 0.05) is 0 Å². The fraction of sp³-hybridized carbons (Fsp3) is 0.227. The molecule has 0 spiro atoms. The van der Waals surface area contributed by atoms with Crippen molar-refractivity contribution < 1.29 is 19.4 Å². The van der Waals surface area contributed by atoms with Crippen LogP contribution in [0.3, 0.4) is 0 Å². The summed E-state index contributed by atoms with van der Waals surface area (Å²) >= 11 is 4.74. The highest BCUT2D eigenvalue weighted by molar-refractivity contribution is 9.10. The zero-order chi connectivity index (χ0) is 22.3. The number of aromatic nitrogens is 2. The highest BCUT2D eigenvalue weighted by Crippen LogP contribution is 2.37. The minimum absolute atomic E-state index is 0.133. The van der Waals surface area contributed by atoms with Gasteiger partial charge < -0.3 is 14.6 Å². The van der Waals surface area contributed by atoms with E-state index in [2.05, 4.69) is 20.9 Å². The molecule has 4 rings (SSSR count). The van der Waals surface area contributed by atoms with Crippen molar-refractivity contribution in [1.29, 1.82) is 0 Å². The molecule has 2 heterocycles. The molecule has 1 N–H and O–H groups in total. The van der Waals surface area contributed by atoms with Crippen molar-refractivity contribution in [2.24, 2.45) is 0 Å². The van der Waals surface area contributed by atoms with E-state index in [0.717, 1.165) is 27.7 Å². The van der Waals surface area contributed by atoms with Gasteiger partial charge in [-0.05, 0) is 77.7 Å². The van der Waals surface area contributed by atoms with Crippen molar-refractivity contribution >= 4 is 55.3 Å². The molecule has 0 bridgehead atoms. The van der Waals surface area contributed by atoms with Gasteiger partial charge in [0.1, 0.15) is 0 Å². The molecule has 0 fully saturated rings. The van der Waals surface area contributed by atoms with Gasteiger partial charge in [-0.2, -0.15) is 0 Å². The first kappa shape index (κ1) is 21.3. The van der Waals surface area contributed by atoms with E-state index in [1.165, 1.54) is 11.3 Å². The maximum Gasteiger partial charge on any atom is 0.341 e. The molecule has 0 unspecified atom stereocenters. The molecule has 0 aliphatic carbocycles. The van der Waals surface area contributed by atoms with Crippen molar-refractivity contribution in [1.82, 2.24) is 9.38 Å². The summed E-state index contributed by atoms with van der Waals surface area (Å²) in [4.78, 5) is 29.3. The molecule has 0 amide bonds. The number of hydrogen-bond acceptors (Lipinski definition) is 6. The van der Waals surface area contributed by atoms with E-state index in [1.54, 1.807) is 22.6 Å². The lowest BCUT2D eigenvalue weighted by atomic mass is 10.1. The second-order valence-corrected chi connectivity index (χ2v) is 8.83. The summed E-state index contributed by atoms with van der Waals surface area (Å²) in [5, 5.41) is 8.89. The molecule has 9 heteroatoms. The van der Waals surface area contributed by atoms with Gasteiger partial charge in [-0.15, -0.1) is 0 Å². The number of nitrogens with zero attached hydrogens (tertiary/aromatic N) is 2. The zero-order valence-electron chi connectivity index (χ0n) is 17.1. The molecular formula is C22H19BrN2O5S. The van der Waals surface area contributed by atoms with Crippen LogP contribution in [0.4, 0.5) is 0 Å². The molecule has 0 aliphatic heterocycles. The van der Waals surface area contributed by atoms with Gasteiger partial charge in [0.05, 0.1) is 26.6 Å². The van der Waals surface area contributed by atoms with Crippen molar-refractivity contribution in [3.63, 3.8) is 0 Å². The van der Waals surface area contributed by atoms with Crippen molar-refractivity contribution in [2.75, 3.05) is 13.2 Å². The lowest BCUT2D eigenvalue weighted by Gasteiger charge is -2.13. The summed E-state index contributed by atoms with van der Waals surface area (Å²) in [6.45, 7) is 5.75. The third-order valence-corrected chi connectivity index (χ3v) is 6.46. The number of aryl methyl sites for hydroxylation is 2. The molecule has 31 heavy (non-hydrogen) atoms. The summed E-state index contributed by atoms with van der Waals surface area (Å²) in [6, 6.07) is 7.40. The van der Waals surface area contributed by atoms with Crippen LogP contribution < -0.4 is 19.6 Å². The second-order valence-electron chi connectivity index (χ2n) is 6.97. The highest BCUT2D eigenvalue weighted by atomic mass is 79.9. The molecule has 4 aromatic rings. The Morgan fingerprint density at radius 2 is 2.06 bits per heavy atom. The Labute approximate surface area is 189 Å². The van der Waals surface area contributed by atoms with Crippen LogP contribution in [0.25, 0.3) is 22.1 Å². The van der Waals surface area contributed by atoms with Gasteiger partial charge in [0.2, 0.25) is 0 Å². The third kappa shape index (κ3) is 3.90. The van der Waals surface area contributed by atoms with Crippen LogP contribution in [-0.2, 0) is 4.79 Å². The first-order valence-corrected chi connectivity index (χ1v) is 11.1. The molecule has 0 atom stereocenters. The minimum atomic E-state index is -1.08. The van der Waals surface area contributed by atoms with Gasteiger partial charge in [-0.25, -0.2) is 14.2 Å². The van der Waals surface area contributed by atoms with Crippen LogP contribution in [-0.4, -0.2) is 33.7 Å². The molecule has 0 aliphatic rings. The highest BCUT2D eigenvalue weighted by Gasteiger charge is 2.16. The smallest absolute Gasteiger partial charge is 0.341 e. The number of carboxylic acid groups (broad SMARTS) is 1. The molecule has 0 saturated heterocycles. The first-order valence-electron chi connectivity index (χ1n) is 9.54. The van der Waals surface area contributed by atoms with Crippen LogP contribution in [0.5, 0.6) is 11.5 Å². The summed E-state index contributed by atoms with van der Waals surface area (Å²) in [7, 11) is 0. The molecule has 7 nitrogen and oxygen atoms in total. The summed E-state index contributed by atoms with van der Waals surface area (Å²) in [5.41, 5.74) is 4.43. The van der Waals surface area contributed by atoms with E-state index in [1.807, 2.05) is 32.9 Å². The van der Waals surface area contributed by atoms with E-state index in [-0.39, 0.29) is 5.56 Å². The fourth-order valence-corrected chi connectivity index (χ4v) is 4.88. The van der Waals surface area contributed by atoms with E-state index in [4.69, 9.17) is 14.6 Å². The van der Waals surface area contributed by atoms with Crippen molar-refractivity contribution in [2.45, 2.75) is 20.8 Å². The van der Waals surface area contributed by atoms with Crippen LogP contribution >= 0.6 is 27.3 Å². The average molecular weight is 503 g/mol. The minimum Gasteiger partial charge on any atom is -0.490 e. The molecule has 2 aromatic heterocycles. The third-order valence-electron chi connectivity index (χ3n) is 4.90. The van der Waals surface area contributed by atoms with Crippen LogP contribution in [0.2, 0.25) is 0 Å². The number of halogens is 1. The fourth-order valence-electron chi connectivity index (χ4n) is 3.32. The molecular weight excluding hydrogens is 484 g/mol.